The minimum absolute atomic E-state index is 0.0834. The lowest BCUT2D eigenvalue weighted by molar-refractivity contribution is -0.148. The van der Waals surface area contributed by atoms with Gasteiger partial charge in [-0.15, -0.1) is 0 Å². The highest BCUT2D eigenvalue weighted by atomic mass is 127. The number of aromatic hydroxyl groups is 1. The normalized spacial score (nSPS) is 12.1. The van der Waals surface area contributed by atoms with Gasteiger partial charge in [0.15, 0.2) is 0 Å². The molecule has 0 bridgehead atoms. The second-order valence-corrected chi connectivity index (χ2v) is 3.87. The molecule has 14 heavy (non-hydrogen) atoms. The second-order valence-electron chi connectivity index (χ2n) is 2.62. The third-order valence-electron chi connectivity index (χ3n) is 1.63. The van der Waals surface area contributed by atoms with Crippen LogP contribution in [0.25, 0.3) is 0 Å². The van der Waals surface area contributed by atoms with E-state index in [2.05, 4.69) is 0 Å². The zero-order valence-corrected chi connectivity index (χ0v) is 9.13. The Balaban J connectivity index is 2.89. The predicted octanol–water partition coefficient (Wildman–Crippen LogP) is 1.52. The molecule has 0 spiro atoms. The van der Waals surface area contributed by atoms with Gasteiger partial charge >= 0.3 is 5.97 Å². The van der Waals surface area contributed by atoms with Crippen molar-refractivity contribution in [2.24, 2.45) is 0 Å². The monoisotopic (exact) mass is 306 g/mol. The summed E-state index contributed by atoms with van der Waals surface area (Å²) in [6.07, 6.45) is 0. The summed E-state index contributed by atoms with van der Waals surface area (Å²) in [6.45, 7) is 0. The van der Waals surface area contributed by atoms with E-state index in [0.29, 0.717) is 5.56 Å². The molecule has 0 fully saturated rings. The van der Waals surface area contributed by atoms with Crippen LogP contribution in [0.3, 0.4) is 0 Å². The zero-order chi connectivity index (χ0) is 10.7. The number of ketones is 1. The molecule has 1 rings (SSSR count). The molecule has 0 aliphatic heterocycles. The summed E-state index contributed by atoms with van der Waals surface area (Å²) in [5, 5.41) is 17.4. The van der Waals surface area contributed by atoms with Gasteiger partial charge in [-0.1, -0.05) is 34.7 Å². The number of carbonyl (C=O) groups excluding carboxylic acids is 1. The quantitative estimate of drug-likeness (QED) is 0.504. The summed E-state index contributed by atoms with van der Waals surface area (Å²) in [4.78, 5) is 21.4. The Hall–Kier alpha value is -1.11. The Labute approximate surface area is 93.7 Å². The highest BCUT2D eigenvalue weighted by molar-refractivity contribution is 14.1. The fraction of sp³-hybridized carbons (Fsp3) is 0.111. The van der Waals surface area contributed by atoms with Gasteiger partial charge in [0.25, 0.3) is 5.78 Å². The number of alkyl halides is 1. The van der Waals surface area contributed by atoms with Crippen LogP contribution in [0.5, 0.6) is 5.75 Å². The molecule has 4 nitrogen and oxygen atoms in total. The fourth-order valence-electron chi connectivity index (χ4n) is 0.903. The Morgan fingerprint density at radius 1 is 1.21 bits per heavy atom. The van der Waals surface area contributed by atoms with Crippen LogP contribution in [0.4, 0.5) is 0 Å². The van der Waals surface area contributed by atoms with Gasteiger partial charge in [-0.3, -0.25) is 4.79 Å². The van der Waals surface area contributed by atoms with Crippen molar-refractivity contribution in [2.75, 3.05) is 0 Å². The Morgan fingerprint density at radius 3 is 2.14 bits per heavy atom. The van der Waals surface area contributed by atoms with Gasteiger partial charge in [-0.2, -0.15) is 0 Å². The van der Waals surface area contributed by atoms with Crippen LogP contribution < -0.4 is 0 Å². The molecule has 1 aromatic carbocycles. The van der Waals surface area contributed by atoms with Crippen LogP contribution in [0.15, 0.2) is 24.3 Å². The van der Waals surface area contributed by atoms with E-state index < -0.39 is 15.7 Å². The summed E-state index contributed by atoms with van der Waals surface area (Å²) in [5.74, 6) is -2.23. The molecule has 0 aliphatic carbocycles. The molecule has 1 unspecified atom stereocenters. The molecular weight excluding hydrogens is 299 g/mol. The average Bonchev–Trinajstić information content (AvgIpc) is 2.16. The van der Waals surface area contributed by atoms with Gasteiger partial charge in [0.1, 0.15) is 9.67 Å². The molecule has 74 valence electrons. The van der Waals surface area contributed by atoms with E-state index in [1.54, 1.807) is 22.6 Å². The number of Topliss-reactive ketones (excluding diaryl/α,β-unsaturated/α-hetero) is 1. The highest BCUT2D eigenvalue weighted by Gasteiger charge is 2.23. The number of phenols is 1. The number of halogens is 1. The van der Waals surface area contributed by atoms with Crippen molar-refractivity contribution in [1.82, 2.24) is 0 Å². The van der Waals surface area contributed by atoms with Crippen molar-refractivity contribution in [3.05, 3.63) is 29.8 Å². The molecular formula is C9H7IO4. The van der Waals surface area contributed by atoms with E-state index >= 15 is 0 Å². The summed E-state index contributed by atoms with van der Waals surface area (Å²) in [5.41, 5.74) is 0.566. The number of hydrogen-bond acceptors (Lipinski definition) is 3. The van der Waals surface area contributed by atoms with E-state index in [9.17, 15) is 9.59 Å². The maximum Gasteiger partial charge on any atom is 0.373 e. The molecule has 2 N–H and O–H groups in total. The Bertz CT molecular complexity index is 358. The topological polar surface area (TPSA) is 74.6 Å². The molecule has 0 saturated carbocycles. The van der Waals surface area contributed by atoms with Gasteiger partial charge in [-0.05, 0) is 17.7 Å². The standard InChI is InChI=1S/C9H7IO4/c10-7(8(12)9(13)14)5-1-3-6(11)4-2-5/h1-4,7,11H,(H,13,14). The van der Waals surface area contributed by atoms with Gasteiger partial charge < -0.3 is 10.2 Å². The van der Waals surface area contributed by atoms with Crippen molar-refractivity contribution >= 4 is 34.3 Å². The molecule has 0 aromatic heterocycles. The Morgan fingerprint density at radius 2 is 1.71 bits per heavy atom. The molecule has 0 amide bonds. The van der Waals surface area contributed by atoms with Gasteiger partial charge in [0.05, 0.1) is 0 Å². The van der Waals surface area contributed by atoms with E-state index in [1.165, 1.54) is 24.3 Å². The van der Waals surface area contributed by atoms with Crippen LogP contribution in [-0.4, -0.2) is 22.0 Å². The molecule has 0 radical (unpaired) electrons. The molecule has 0 heterocycles. The van der Waals surface area contributed by atoms with Crippen LogP contribution in [-0.2, 0) is 9.59 Å². The van der Waals surface area contributed by atoms with Gasteiger partial charge in [-0.25, -0.2) is 4.79 Å². The predicted molar refractivity (Wildman–Crippen MR) is 57.5 cm³/mol. The smallest absolute Gasteiger partial charge is 0.373 e. The van der Waals surface area contributed by atoms with Crippen molar-refractivity contribution in [1.29, 1.82) is 0 Å². The number of carboxylic acid groups (broad SMARTS) is 1. The van der Waals surface area contributed by atoms with Crippen molar-refractivity contribution in [2.45, 2.75) is 3.92 Å². The lowest BCUT2D eigenvalue weighted by Gasteiger charge is -2.05. The largest absolute Gasteiger partial charge is 0.508 e. The molecule has 0 aliphatic rings. The van der Waals surface area contributed by atoms with Crippen molar-refractivity contribution in [3.63, 3.8) is 0 Å². The van der Waals surface area contributed by atoms with Gasteiger partial charge in [0.2, 0.25) is 0 Å². The highest BCUT2D eigenvalue weighted by Crippen LogP contribution is 2.25. The van der Waals surface area contributed by atoms with Crippen LogP contribution in [0.1, 0.15) is 9.49 Å². The first-order valence-corrected chi connectivity index (χ1v) is 4.97. The summed E-state index contributed by atoms with van der Waals surface area (Å²) in [6, 6.07) is 5.87. The molecule has 1 aromatic rings. The van der Waals surface area contributed by atoms with Gasteiger partial charge in [0, 0.05) is 0 Å². The number of rotatable bonds is 3. The zero-order valence-electron chi connectivity index (χ0n) is 6.98. The first-order valence-electron chi connectivity index (χ1n) is 3.72. The maximum atomic E-state index is 11.1. The van der Waals surface area contributed by atoms with Crippen molar-refractivity contribution < 1.29 is 19.8 Å². The van der Waals surface area contributed by atoms with E-state index in [0.717, 1.165) is 0 Å². The summed E-state index contributed by atoms with van der Waals surface area (Å²) >= 11 is 1.75. The van der Waals surface area contributed by atoms with Crippen molar-refractivity contribution in [3.8, 4) is 5.75 Å². The fourth-order valence-corrected chi connectivity index (χ4v) is 1.58. The number of hydrogen-bond donors (Lipinski definition) is 2. The molecule has 0 saturated heterocycles. The SMILES string of the molecule is O=C(O)C(=O)C(I)c1ccc(O)cc1. The second kappa shape index (κ2) is 4.41. The third-order valence-corrected chi connectivity index (χ3v) is 2.91. The minimum Gasteiger partial charge on any atom is -0.508 e. The summed E-state index contributed by atoms with van der Waals surface area (Å²) in [7, 11) is 0. The van der Waals surface area contributed by atoms with E-state index in [1.807, 2.05) is 0 Å². The number of benzene rings is 1. The molecule has 1 atom stereocenters. The lowest BCUT2D eigenvalue weighted by atomic mass is 10.1. The lowest BCUT2D eigenvalue weighted by Crippen LogP contribution is -2.17. The average molecular weight is 306 g/mol. The third kappa shape index (κ3) is 2.44. The number of carboxylic acids is 1. The first-order chi connectivity index (χ1) is 6.52. The number of phenolic OH excluding ortho intramolecular Hbond substituents is 1. The molecule has 5 heteroatoms. The number of aliphatic carboxylic acids is 1. The number of carbonyl (C=O) groups is 2. The van der Waals surface area contributed by atoms with Crippen LogP contribution in [0, 0.1) is 0 Å². The maximum absolute atomic E-state index is 11.1. The van der Waals surface area contributed by atoms with Crippen LogP contribution in [0.2, 0.25) is 0 Å². The van der Waals surface area contributed by atoms with E-state index in [4.69, 9.17) is 10.2 Å². The first kappa shape index (κ1) is 11.0. The minimum atomic E-state index is -1.45. The van der Waals surface area contributed by atoms with Crippen LogP contribution >= 0.6 is 22.6 Å². The van der Waals surface area contributed by atoms with E-state index in [-0.39, 0.29) is 5.75 Å². The Kier molecular flexibility index (Phi) is 3.45. The summed E-state index contributed by atoms with van der Waals surface area (Å²) < 4.78 is -0.717.